The van der Waals surface area contributed by atoms with E-state index in [4.69, 9.17) is 0 Å². The van der Waals surface area contributed by atoms with Crippen LogP contribution in [-0.2, 0) is 14.4 Å². The zero-order valence-corrected chi connectivity index (χ0v) is 20.1. The molecule has 0 unspecified atom stereocenters. The summed E-state index contributed by atoms with van der Waals surface area (Å²) in [7, 11) is 0. The van der Waals surface area contributed by atoms with Gasteiger partial charge < -0.3 is 15.1 Å². The first-order valence-corrected chi connectivity index (χ1v) is 12.0. The lowest BCUT2D eigenvalue weighted by atomic mass is 9.95. The van der Waals surface area contributed by atoms with Crippen LogP contribution >= 0.6 is 0 Å². The van der Waals surface area contributed by atoms with Gasteiger partial charge in [-0.3, -0.25) is 28.9 Å². The zero-order chi connectivity index (χ0) is 24.6. The quantitative estimate of drug-likeness (QED) is 0.667. The van der Waals surface area contributed by atoms with Crippen molar-refractivity contribution in [1.29, 1.82) is 0 Å². The third-order valence-electron chi connectivity index (χ3n) is 6.75. The van der Waals surface area contributed by atoms with Crippen LogP contribution in [0.3, 0.4) is 0 Å². The number of likely N-dealkylation sites (tertiary alicyclic amines) is 2. The molecule has 182 valence electrons. The number of amides is 5. The molecular formula is C25H32N4O5. The molecule has 5 amide bonds. The van der Waals surface area contributed by atoms with Crippen molar-refractivity contribution >= 4 is 35.2 Å². The van der Waals surface area contributed by atoms with Crippen molar-refractivity contribution in [3.63, 3.8) is 0 Å². The highest BCUT2D eigenvalue weighted by Gasteiger charge is 2.40. The fourth-order valence-corrected chi connectivity index (χ4v) is 4.77. The van der Waals surface area contributed by atoms with E-state index in [9.17, 15) is 24.0 Å². The van der Waals surface area contributed by atoms with Crippen molar-refractivity contribution in [2.45, 2.75) is 58.9 Å². The van der Waals surface area contributed by atoms with E-state index >= 15 is 0 Å². The lowest BCUT2D eigenvalue weighted by Gasteiger charge is -2.28. The van der Waals surface area contributed by atoms with E-state index in [1.165, 1.54) is 0 Å². The first-order chi connectivity index (χ1) is 16.1. The van der Waals surface area contributed by atoms with Crippen LogP contribution in [0.5, 0.6) is 0 Å². The van der Waals surface area contributed by atoms with Crippen molar-refractivity contribution in [2.75, 3.05) is 31.5 Å². The molecule has 2 fully saturated rings. The van der Waals surface area contributed by atoms with E-state index < -0.39 is 23.3 Å². The zero-order valence-electron chi connectivity index (χ0n) is 20.1. The molecule has 1 N–H and O–H groups in total. The van der Waals surface area contributed by atoms with Gasteiger partial charge in [0.05, 0.1) is 16.8 Å². The van der Waals surface area contributed by atoms with Gasteiger partial charge in [-0.2, -0.15) is 0 Å². The van der Waals surface area contributed by atoms with Gasteiger partial charge in [-0.25, -0.2) is 0 Å². The number of carbonyl (C=O) groups is 5. The number of nitrogens with zero attached hydrogens (tertiary/aromatic N) is 3. The van der Waals surface area contributed by atoms with Gasteiger partial charge in [0.15, 0.2) is 0 Å². The molecule has 0 bridgehead atoms. The summed E-state index contributed by atoms with van der Waals surface area (Å²) in [6.45, 7) is 7.19. The van der Waals surface area contributed by atoms with E-state index in [1.807, 2.05) is 4.90 Å². The Bertz CT molecular complexity index is 1040. The SMILES string of the molecule is CC(C)(C)C(=O)Nc1cccc2c1C(=O)N(CCC(=O)N1CCC[C@H]1C(=O)N1CCCC1)C2=O. The Labute approximate surface area is 199 Å². The van der Waals surface area contributed by atoms with E-state index in [1.54, 1.807) is 43.9 Å². The lowest BCUT2D eigenvalue weighted by molar-refractivity contribution is -0.143. The van der Waals surface area contributed by atoms with Crippen LogP contribution in [0.1, 0.15) is 73.6 Å². The van der Waals surface area contributed by atoms with E-state index in [0.717, 1.165) is 37.3 Å². The summed E-state index contributed by atoms with van der Waals surface area (Å²) in [5.41, 5.74) is -0.00661. The Morgan fingerprint density at radius 1 is 1.00 bits per heavy atom. The van der Waals surface area contributed by atoms with E-state index in [0.29, 0.717) is 18.7 Å². The number of rotatable bonds is 5. The molecule has 9 nitrogen and oxygen atoms in total. The maximum absolute atomic E-state index is 13.1. The van der Waals surface area contributed by atoms with Crippen molar-refractivity contribution in [3.05, 3.63) is 29.3 Å². The van der Waals surface area contributed by atoms with E-state index in [-0.39, 0.29) is 41.8 Å². The second-order valence-electron chi connectivity index (χ2n) is 10.2. The van der Waals surface area contributed by atoms with Crippen LogP contribution in [-0.4, -0.2) is 76.5 Å². The Hall–Kier alpha value is -3.23. The number of hydrogen-bond donors (Lipinski definition) is 1. The van der Waals surface area contributed by atoms with Gasteiger partial charge in [0.25, 0.3) is 11.8 Å². The molecule has 3 aliphatic rings. The first kappa shape index (κ1) is 23.9. The highest BCUT2D eigenvalue weighted by molar-refractivity contribution is 6.24. The summed E-state index contributed by atoms with van der Waals surface area (Å²) in [5.74, 6) is -1.50. The maximum Gasteiger partial charge on any atom is 0.263 e. The fourth-order valence-electron chi connectivity index (χ4n) is 4.77. The smallest absolute Gasteiger partial charge is 0.263 e. The normalized spacial score (nSPS) is 20.2. The van der Waals surface area contributed by atoms with Crippen molar-refractivity contribution in [2.24, 2.45) is 5.41 Å². The van der Waals surface area contributed by atoms with Crippen LogP contribution < -0.4 is 5.32 Å². The van der Waals surface area contributed by atoms with Gasteiger partial charge in [0.2, 0.25) is 17.7 Å². The Balaban J connectivity index is 1.43. The third kappa shape index (κ3) is 4.43. The monoisotopic (exact) mass is 468 g/mol. The third-order valence-corrected chi connectivity index (χ3v) is 6.75. The number of nitrogens with one attached hydrogen (secondary N) is 1. The highest BCUT2D eigenvalue weighted by Crippen LogP contribution is 2.31. The number of fused-ring (bicyclic) bond motifs is 1. The van der Waals surface area contributed by atoms with Gasteiger partial charge in [-0.1, -0.05) is 26.8 Å². The summed E-state index contributed by atoms with van der Waals surface area (Å²) in [6, 6.07) is 4.32. The minimum atomic E-state index is -0.667. The number of hydrogen-bond acceptors (Lipinski definition) is 5. The molecule has 0 radical (unpaired) electrons. The summed E-state index contributed by atoms with van der Waals surface area (Å²) >= 11 is 0. The van der Waals surface area contributed by atoms with Crippen molar-refractivity contribution in [1.82, 2.24) is 14.7 Å². The molecule has 4 rings (SSSR count). The molecule has 9 heteroatoms. The second kappa shape index (κ2) is 9.19. The molecule has 1 aromatic carbocycles. The number of benzene rings is 1. The summed E-state index contributed by atoms with van der Waals surface area (Å²) in [4.78, 5) is 68.8. The van der Waals surface area contributed by atoms with Crippen molar-refractivity contribution < 1.29 is 24.0 Å². The maximum atomic E-state index is 13.1. The molecule has 0 spiro atoms. The van der Waals surface area contributed by atoms with Crippen LogP contribution in [0.4, 0.5) is 5.69 Å². The lowest BCUT2D eigenvalue weighted by Crippen LogP contribution is -2.47. The molecule has 3 heterocycles. The molecule has 2 saturated heterocycles. The van der Waals surface area contributed by atoms with Gasteiger partial charge in [-0.05, 0) is 37.8 Å². The van der Waals surface area contributed by atoms with Gasteiger partial charge in [0, 0.05) is 38.0 Å². The molecule has 1 aromatic rings. The predicted octanol–water partition coefficient (Wildman–Crippen LogP) is 2.27. The first-order valence-electron chi connectivity index (χ1n) is 12.0. The number of imide groups is 1. The topological polar surface area (TPSA) is 107 Å². The summed E-state index contributed by atoms with van der Waals surface area (Å²) < 4.78 is 0. The number of anilines is 1. The fraction of sp³-hybridized carbons (Fsp3) is 0.560. The Kier molecular flexibility index (Phi) is 6.47. The summed E-state index contributed by atoms with van der Waals surface area (Å²) in [6.07, 6.45) is 3.35. The molecule has 1 atom stereocenters. The number of carbonyl (C=O) groups excluding carboxylic acids is 5. The van der Waals surface area contributed by atoms with Crippen LogP contribution in [0.2, 0.25) is 0 Å². The average Bonchev–Trinajstić information content (AvgIpc) is 3.53. The summed E-state index contributed by atoms with van der Waals surface area (Å²) in [5, 5.41) is 2.75. The minimum Gasteiger partial charge on any atom is -0.341 e. The highest BCUT2D eigenvalue weighted by atomic mass is 16.2. The van der Waals surface area contributed by atoms with Crippen LogP contribution in [0.25, 0.3) is 0 Å². The largest absolute Gasteiger partial charge is 0.341 e. The minimum absolute atomic E-state index is 0.00307. The molecule has 34 heavy (non-hydrogen) atoms. The van der Waals surface area contributed by atoms with E-state index in [2.05, 4.69) is 5.32 Å². The molecular weight excluding hydrogens is 436 g/mol. The predicted molar refractivity (Wildman–Crippen MR) is 125 cm³/mol. The van der Waals surface area contributed by atoms with Crippen LogP contribution in [0.15, 0.2) is 18.2 Å². The van der Waals surface area contributed by atoms with Gasteiger partial charge >= 0.3 is 0 Å². The van der Waals surface area contributed by atoms with Crippen molar-refractivity contribution in [3.8, 4) is 0 Å². The average molecular weight is 469 g/mol. The van der Waals surface area contributed by atoms with Crippen LogP contribution in [0, 0.1) is 5.41 Å². The van der Waals surface area contributed by atoms with Gasteiger partial charge in [-0.15, -0.1) is 0 Å². The molecule has 3 aliphatic heterocycles. The standard InChI is InChI=1S/C25H32N4O5/c1-25(2,3)24(34)26-17-9-6-8-16-20(17)23(33)29(21(16)31)15-11-19(30)28-14-7-10-18(28)22(32)27-12-4-5-13-27/h6,8-9,18H,4-5,7,10-15H2,1-3H3,(H,26,34)/t18-/m0/s1. The Morgan fingerprint density at radius 2 is 1.71 bits per heavy atom. The second-order valence-corrected chi connectivity index (χ2v) is 10.2. The Morgan fingerprint density at radius 3 is 2.38 bits per heavy atom. The van der Waals surface area contributed by atoms with Gasteiger partial charge in [0.1, 0.15) is 6.04 Å². The molecule has 0 saturated carbocycles. The molecule has 0 aromatic heterocycles. The molecule has 0 aliphatic carbocycles.